The Hall–Kier alpha value is -2.50. The van der Waals surface area contributed by atoms with Crippen LogP contribution in [-0.2, 0) is 21.0 Å². The highest BCUT2D eigenvalue weighted by molar-refractivity contribution is 8.00. The molecule has 2 atom stereocenters. The van der Waals surface area contributed by atoms with Crippen LogP contribution in [0.15, 0.2) is 90.1 Å². The molecular weight excluding hydrogens is 368 g/mol. The number of hydrogen-bond donors (Lipinski definition) is 1. The number of ether oxygens (including phenoxy) is 1. The number of nitrogens with two attached hydrogens (primary N) is 1. The molecule has 4 rings (SSSR count). The first-order valence-corrected chi connectivity index (χ1v) is 10.3. The SMILES string of the molecule is NC(=O)C1(Cn2cccc2)CCOC(Sc2ccccc2)(c2ccccc2)C1. The molecule has 4 nitrogen and oxygen atoms in total. The first-order chi connectivity index (χ1) is 13.6. The lowest BCUT2D eigenvalue weighted by Crippen LogP contribution is -2.50. The fraction of sp³-hybridized carbons (Fsp3) is 0.261. The maximum Gasteiger partial charge on any atom is 0.225 e. The van der Waals surface area contributed by atoms with Crippen molar-refractivity contribution < 1.29 is 9.53 Å². The van der Waals surface area contributed by atoms with Crippen LogP contribution in [0, 0.1) is 5.41 Å². The number of thioether (sulfide) groups is 1. The van der Waals surface area contributed by atoms with E-state index in [1.165, 1.54) is 0 Å². The van der Waals surface area contributed by atoms with Gasteiger partial charge in [0.15, 0.2) is 0 Å². The lowest BCUT2D eigenvalue weighted by molar-refractivity contribution is -0.142. The van der Waals surface area contributed by atoms with Gasteiger partial charge >= 0.3 is 0 Å². The summed E-state index contributed by atoms with van der Waals surface area (Å²) in [7, 11) is 0. The Bertz CT molecular complexity index is 914. The standard InChI is InChI=1S/C23H24N2O2S/c24-21(26)22(18-25-14-7-8-15-25)13-16-27-23(17-22,19-9-3-1-4-10-19)28-20-11-5-2-6-12-20/h1-12,14-15H,13,16-18H2,(H2,24,26). The largest absolute Gasteiger partial charge is 0.369 e. The van der Waals surface area contributed by atoms with Gasteiger partial charge in [-0.15, -0.1) is 0 Å². The Morgan fingerprint density at radius 3 is 2.29 bits per heavy atom. The van der Waals surface area contributed by atoms with E-state index in [-0.39, 0.29) is 5.91 Å². The summed E-state index contributed by atoms with van der Waals surface area (Å²) < 4.78 is 8.47. The van der Waals surface area contributed by atoms with Gasteiger partial charge in [0.05, 0.1) is 5.41 Å². The van der Waals surface area contributed by atoms with Crippen molar-refractivity contribution in [3.8, 4) is 0 Å². The summed E-state index contributed by atoms with van der Waals surface area (Å²) in [5.41, 5.74) is 6.38. The van der Waals surface area contributed by atoms with Gasteiger partial charge in [0, 0.05) is 36.9 Å². The molecule has 0 spiro atoms. The first-order valence-electron chi connectivity index (χ1n) is 9.46. The summed E-state index contributed by atoms with van der Waals surface area (Å²) in [5.74, 6) is -0.265. The molecule has 1 saturated heterocycles. The Morgan fingerprint density at radius 1 is 1.00 bits per heavy atom. The smallest absolute Gasteiger partial charge is 0.225 e. The number of primary amides is 1. The number of amides is 1. The molecule has 1 fully saturated rings. The molecule has 0 saturated carbocycles. The molecule has 28 heavy (non-hydrogen) atoms. The third-order valence-corrected chi connectivity index (χ3v) is 6.74. The number of hydrogen-bond acceptors (Lipinski definition) is 3. The van der Waals surface area contributed by atoms with E-state index in [4.69, 9.17) is 10.5 Å². The lowest BCUT2D eigenvalue weighted by Gasteiger charge is -2.46. The van der Waals surface area contributed by atoms with E-state index in [1.807, 2.05) is 65.5 Å². The van der Waals surface area contributed by atoms with Gasteiger partial charge in [-0.25, -0.2) is 0 Å². The minimum atomic E-state index is -0.672. The predicted octanol–water partition coefficient (Wildman–Crippen LogP) is 4.42. The molecule has 0 bridgehead atoms. The Kier molecular flexibility index (Phi) is 5.29. The zero-order valence-electron chi connectivity index (χ0n) is 15.7. The van der Waals surface area contributed by atoms with Gasteiger partial charge in [-0.2, -0.15) is 0 Å². The maximum absolute atomic E-state index is 12.7. The van der Waals surface area contributed by atoms with E-state index in [0.29, 0.717) is 26.0 Å². The minimum absolute atomic E-state index is 0.265. The first kappa shape index (κ1) is 18.8. The summed E-state index contributed by atoms with van der Waals surface area (Å²) in [6.07, 6.45) is 5.10. The van der Waals surface area contributed by atoms with Crippen molar-refractivity contribution >= 4 is 17.7 Å². The molecule has 0 radical (unpaired) electrons. The van der Waals surface area contributed by atoms with Crippen molar-refractivity contribution in [3.05, 3.63) is 90.8 Å². The number of carbonyl (C=O) groups excluding carboxylic acids is 1. The molecule has 1 aromatic heterocycles. The zero-order valence-corrected chi connectivity index (χ0v) is 16.5. The minimum Gasteiger partial charge on any atom is -0.369 e. The highest BCUT2D eigenvalue weighted by atomic mass is 32.2. The van der Waals surface area contributed by atoms with Gasteiger partial charge < -0.3 is 15.0 Å². The van der Waals surface area contributed by atoms with Crippen molar-refractivity contribution in [1.82, 2.24) is 4.57 Å². The molecule has 1 aliphatic heterocycles. The summed E-state index contributed by atoms with van der Waals surface area (Å²) >= 11 is 1.66. The monoisotopic (exact) mass is 392 g/mol. The topological polar surface area (TPSA) is 57.2 Å². The third kappa shape index (κ3) is 3.73. The van der Waals surface area contributed by atoms with Crippen LogP contribution in [0.5, 0.6) is 0 Å². The molecule has 144 valence electrons. The van der Waals surface area contributed by atoms with Crippen LogP contribution in [-0.4, -0.2) is 17.1 Å². The fourth-order valence-corrected chi connectivity index (χ4v) is 5.34. The Morgan fingerprint density at radius 2 is 1.64 bits per heavy atom. The quantitative estimate of drug-likeness (QED) is 0.676. The van der Waals surface area contributed by atoms with E-state index in [9.17, 15) is 4.79 Å². The second-order valence-corrected chi connectivity index (χ2v) is 8.64. The van der Waals surface area contributed by atoms with Gasteiger partial charge in [0.25, 0.3) is 0 Å². The van der Waals surface area contributed by atoms with Gasteiger partial charge in [-0.3, -0.25) is 4.79 Å². The third-order valence-electron chi connectivity index (χ3n) is 5.40. The number of nitrogens with zero attached hydrogens (tertiary/aromatic N) is 1. The molecule has 1 aliphatic rings. The van der Waals surface area contributed by atoms with Gasteiger partial charge in [0.1, 0.15) is 4.93 Å². The molecule has 2 unspecified atom stereocenters. The second kappa shape index (κ2) is 7.86. The number of benzene rings is 2. The average Bonchev–Trinajstić information content (AvgIpc) is 3.22. The normalized spacial score (nSPS) is 24.7. The van der Waals surface area contributed by atoms with Crippen LogP contribution in [0.25, 0.3) is 0 Å². The average molecular weight is 393 g/mol. The lowest BCUT2D eigenvalue weighted by atomic mass is 9.75. The van der Waals surface area contributed by atoms with Crippen LogP contribution >= 0.6 is 11.8 Å². The van der Waals surface area contributed by atoms with Gasteiger partial charge in [0.2, 0.25) is 5.91 Å². The van der Waals surface area contributed by atoms with Crippen LogP contribution in [0.1, 0.15) is 18.4 Å². The molecule has 2 N–H and O–H groups in total. The summed E-state index contributed by atoms with van der Waals surface area (Å²) in [4.78, 5) is 13.2. The van der Waals surface area contributed by atoms with Gasteiger partial charge in [-0.1, -0.05) is 60.3 Å². The Balaban J connectivity index is 1.75. The Labute approximate surface area is 169 Å². The van der Waals surface area contributed by atoms with E-state index in [1.54, 1.807) is 11.8 Å². The molecule has 5 heteroatoms. The number of aromatic nitrogens is 1. The molecule has 1 amide bonds. The van der Waals surface area contributed by atoms with Crippen LogP contribution in [0.4, 0.5) is 0 Å². The van der Waals surface area contributed by atoms with Gasteiger partial charge in [-0.05, 0) is 36.2 Å². The zero-order chi connectivity index (χ0) is 19.5. The number of rotatable bonds is 6. The van der Waals surface area contributed by atoms with E-state index < -0.39 is 10.3 Å². The summed E-state index contributed by atoms with van der Waals surface area (Å²) in [5, 5.41) is 0. The predicted molar refractivity (Wildman–Crippen MR) is 112 cm³/mol. The van der Waals surface area contributed by atoms with Crippen molar-refractivity contribution in [2.45, 2.75) is 29.2 Å². The second-order valence-electron chi connectivity index (χ2n) is 7.31. The van der Waals surface area contributed by atoms with Crippen molar-refractivity contribution in [2.24, 2.45) is 11.1 Å². The molecular formula is C23H24N2O2S. The van der Waals surface area contributed by atoms with Crippen molar-refractivity contribution in [3.63, 3.8) is 0 Å². The number of carbonyl (C=O) groups is 1. The molecule has 3 aromatic rings. The molecule has 0 aliphatic carbocycles. The highest BCUT2D eigenvalue weighted by Gasteiger charge is 2.51. The van der Waals surface area contributed by atoms with E-state index >= 15 is 0 Å². The van der Waals surface area contributed by atoms with Crippen molar-refractivity contribution in [1.29, 1.82) is 0 Å². The van der Waals surface area contributed by atoms with Crippen LogP contribution < -0.4 is 5.73 Å². The summed E-state index contributed by atoms with van der Waals surface area (Å²) in [6, 6.07) is 24.3. The van der Waals surface area contributed by atoms with Crippen LogP contribution in [0.3, 0.4) is 0 Å². The molecule has 2 aromatic carbocycles. The summed E-state index contributed by atoms with van der Waals surface area (Å²) in [6.45, 7) is 1.04. The van der Waals surface area contributed by atoms with E-state index in [0.717, 1.165) is 10.5 Å². The molecule has 2 heterocycles. The maximum atomic E-state index is 12.7. The van der Waals surface area contributed by atoms with Crippen molar-refractivity contribution in [2.75, 3.05) is 6.61 Å². The van der Waals surface area contributed by atoms with E-state index in [2.05, 4.69) is 24.3 Å². The fourth-order valence-electron chi connectivity index (χ4n) is 3.93. The highest BCUT2D eigenvalue weighted by Crippen LogP contribution is 2.54. The van der Waals surface area contributed by atoms with Crippen LogP contribution in [0.2, 0.25) is 0 Å².